The number of hydrogen-bond donors (Lipinski definition) is 0. The number of aromatic nitrogens is 2. The van der Waals surface area contributed by atoms with Crippen LogP contribution < -0.4 is 0 Å². The molecule has 9 aromatic carbocycles. The summed E-state index contributed by atoms with van der Waals surface area (Å²) in [6, 6.07) is 10.6. The number of furan rings is 1. The summed E-state index contributed by atoms with van der Waals surface area (Å²) >= 11 is 0. The molecule has 12 aromatic rings. The highest BCUT2D eigenvalue weighted by Crippen LogP contribution is 2.43. The van der Waals surface area contributed by atoms with Crippen LogP contribution in [0.3, 0.4) is 0 Å². The second-order valence-corrected chi connectivity index (χ2v) is 13.3. The maximum absolute atomic E-state index is 10.1. The third kappa shape index (κ3) is 4.86. The molecule has 266 valence electrons. The van der Waals surface area contributed by atoms with Gasteiger partial charge in [0.25, 0.3) is 0 Å². The van der Waals surface area contributed by atoms with Crippen molar-refractivity contribution in [2.75, 3.05) is 0 Å². The molecular weight excluding hydrogens is 693 g/mol. The first-order chi connectivity index (χ1) is 36.6. The molecule has 0 spiro atoms. The Bertz CT molecular complexity index is 4680. The lowest BCUT2D eigenvalue weighted by molar-refractivity contribution is 0.670. The number of fused-ring (bicyclic) bond motifs is 9. The van der Waals surface area contributed by atoms with Gasteiger partial charge in [0.15, 0.2) is 0 Å². The molecule has 0 radical (unpaired) electrons. The van der Waals surface area contributed by atoms with Gasteiger partial charge in [-0.15, -0.1) is 0 Å². The molecule has 0 atom stereocenters. The summed E-state index contributed by atoms with van der Waals surface area (Å²) in [5.41, 5.74) is -1.37. The molecule has 0 saturated carbocycles. The van der Waals surface area contributed by atoms with Crippen LogP contribution in [0.1, 0.15) is 27.4 Å². The average Bonchev–Trinajstić information content (AvgIpc) is 3.82. The second kappa shape index (κ2) is 12.5. The normalized spacial score (nSPS) is 16.8. The van der Waals surface area contributed by atoms with Crippen LogP contribution in [-0.4, -0.2) is 9.13 Å². The largest absolute Gasteiger partial charge is 0.455 e. The van der Waals surface area contributed by atoms with Crippen LogP contribution in [0.5, 0.6) is 0 Å². The van der Waals surface area contributed by atoms with E-state index < -0.39 is 165 Å². The smallest absolute Gasteiger partial charge is 0.143 e. The van der Waals surface area contributed by atoms with Crippen molar-refractivity contribution in [3.05, 3.63) is 206 Å². The van der Waals surface area contributed by atoms with E-state index in [-0.39, 0.29) is 43.7 Å². The fourth-order valence-corrected chi connectivity index (χ4v) is 7.66. The van der Waals surface area contributed by atoms with Gasteiger partial charge < -0.3 is 13.6 Å². The van der Waals surface area contributed by atoms with Gasteiger partial charge in [0.05, 0.1) is 60.6 Å². The lowest BCUT2D eigenvalue weighted by atomic mass is 10.0. The topological polar surface area (TPSA) is 23.0 Å². The lowest BCUT2D eigenvalue weighted by Gasteiger charge is -2.11. The van der Waals surface area contributed by atoms with Gasteiger partial charge in [0.2, 0.25) is 0 Å². The highest BCUT2D eigenvalue weighted by Gasteiger charge is 2.20. The van der Waals surface area contributed by atoms with E-state index in [9.17, 15) is 16.4 Å². The highest BCUT2D eigenvalue weighted by molar-refractivity contribution is 6.17. The standard InChI is InChI=1S/C54H34N2O/c1-3-14-35(15-4-1)37-18-11-19-40(32-37)55-47-24-9-7-20-42(47)45-33-38(28-30-49(45)55)39-29-31-50-46(34-39)43-21-8-10-25-48(43)56(50)51-26-13-27-52-53(51)44-23-12-22-41(54(44)57-52)36-16-5-2-6-17-36/h1-34H/i7D,8D,9D,10D,12D,13D,20D,21D,22D,23D,24D,25D,26D,27D,28D,29D,30D,31D,33D,34D. The maximum Gasteiger partial charge on any atom is 0.143 e. The summed E-state index contributed by atoms with van der Waals surface area (Å²) < 4.78 is 195. The zero-order chi connectivity index (χ0) is 54.9. The van der Waals surface area contributed by atoms with Crippen molar-refractivity contribution in [3.63, 3.8) is 0 Å². The second-order valence-electron chi connectivity index (χ2n) is 13.3. The molecular formula is C54H34N2O. The Morgan fingerprint density at radius 3 is 1.70 bits per heavy atom. The number of hydrogen-bond acceptors (Lipinski definition) is 1. The summed E-state index contributed by atoms with van der Waals surface area (Å²) in [6.07, 6.45) is 0. The molecule has 0 N–H and O–H groups in total. The van der Waals surface area contributed by atoms with Crippen molar-refractivity contribution in [1.82, 2.24) is 9.13 Å². The Kier molecular flexibility index (Phi) is 3.91. The predicted molar refractivity (Wildman–Crippen MR) is 239 cm³/mol. The summed E-state index contributed by atoms with van der Waals surface area (Å²) in [5.74, 6) is 0. The fourth-order valence-electron chi connectivity index (χ4n) is 7.66. The molecule has 0 unspecified atom stereocenters. The first kappa shape index (κ1) is 17.9. The molecule has 3 heterocycles. The minimum Gasteiger partial charge on any atom is -0.455 e. The van der Waals surface area contributed by atoms with Gasteiger partial charge in [-0.2, -0.15) is 0 Å². The lowest BCUT2D eigenvalue weighted by Crippen LogP contribution is -1.94. The van der Waals surface area contributed by atoms with Crippen molar-refractivity contribution in [1.29, 1.82) is 0 Å². The molecule has 0 fully saturated rings. The van der Waals surface area contributed by atoms with Crippen molar-refractivity contribution in [3.8, 4) is 44.8 Å². The van der Waals surface area contributed by atoms with Crippen LogP contribution in [0.25, 0.3) is 110 Å². The summed E-state index contributed by atoms with van der Waals surface area (Å²) in [4.78, 5) is 0. The minimum atomic E-state index is -0.869. The zero-order valence-corrected chi connectivity index (χ0v) is 29.4. The van der Waals surface area contributed by atoms with Crippen LogP contribution in [0.15, 0.2) is 210 Å². The van der Waals surface area contributed by atoms with Gasteiger partial charge in [-0.25, -0.2) is 0 Å². The van der Waals surface area contributed by atoms with Crippen LogP contribution in [0.2, 0.25) is 0 Å². The minimum absolute atomic E-state index is 0.0283. The number of benzene rings is 9. The Labute approximate surface area is 357 Å². The van der Waals surface area contributed by atoms with Crippen molar-refractivity contribution in [2.24, 2.45) is 0 Å². The van der Waals surface area contributed by atoms with E-state index in [0.717, 1.165) is 10.1 Å². The van der Waals surface area contributed by atoms with Crippen molar-refractivity contribution >= 4 is 65.6 Å². The van der Waals surface area contributed by atoms with E-state index in [1.807, 2.05) is 36.4 Å². The van der Waals surface area contributed by atoms with Crippen molar-refractivity contribution < 1.29 is 31.8 Å². The van der Waals surface area contributed by atoms with Crippen molar-refractivity contribution in [2.45, 2.75) is 0 Å². The average molecular weight is 747 g/mol. The molecule has 57 heavy (non-hydrogen) atoms. The fraction of sp³-hybridized carbons (Fsp3) is 0. The number of para-hydroxylation sites is 3. The van der Waals surface area contributed by atoms with Crippen LogP contribution >= 0.6 is 0 Å². The number of nitrogens with zero attached hydrogens (tertiary/aromatic N) is 2. The third-order valence-electron chi connectivity index (χ3n) is 10.2. The van der Waals surface area contributed by atoms with E-state index in [1.54, 1.807) is 48.5 Å². The van der Waals surface area contributed by atoms with Gasteiger partial charge in [-0.05, 0) is 88.3 Å². The Morgan fingerprint density at radius 1 is 0.404 bits per heavy atom. The Balaban J connectivity index is 1.25. The first-order valence-corrected chi connectivity index (χ1v) is 17.9. The summed E-state index contributed by atoms with van der Waals surface area (Å²) in [7, 11) is 0. The SMILES string of the molecule is [2H]c1c([2H])c(-n2c3c([2H])c([2H])c([2H])c([2H])c3c3c([2H])c(-c4c([2H])c([2H])c5c(c4[2H])c4c([2H])c([2H])c([2H])c([2H])c4n5-c4cccc(-c5ccccc5)c4)c([2H])c([2H])c32)c2c(oc3c(-c4ccccc4)c([2H])c([2H])c([2H])c32)c1[2H]. The van der Waals surface area contributed by atoms with Gasteiger partial charge in [0.1, 0.15) is 11.2 Å². The van der Waals surface area contributed by atoms with Gasteiger partial charge >= 0.3 is 0 Å². The molecule has 0 bridgehead atoms. The summed E-state index contributed by atoms with van der Waals surface area (Å²) in [5, 5.41) is -1.86. The van der Waals surface area contributed by atoms with Gasteiger partial charge in [-0.3, -0.25) is 0 Å². The summed E-state index contributed by atoms with van der Waals surface area (Å²) in [6.45, 7) is 0. The van der Waals surface area contributed by atoms with Crippen LogP contribution in [0, 0.1) is 0 Å². The van der Waals surface area contributed by atoms with E-state index in [2.05, 4.69) is 0 Å². The highest BCUT2D eigenvalue weighted by atomic mass is 16.3. The zero-order valence-electron chi connectivity index (χ0n) is 49.4. The molecule has 0 saturated heterocycles. The van der Waals surface area contributed by atoms with E-state index in [0.29, 0.717) is 16.8 Å². The Hall–Kier alpha value is -7.62. The quantitative estimate of drug-likeness (QED) is 0.172. The van der Waals surface area contributed by atoms with Crippen LogP contribution in [-0.2, 0) is 0 Å². The third-order valence-corrected chi connectivity index (χ3v) is 10.2. The molecule has 0 aliphatic carbocycles. The van der Waals surface area contributed by atoms with Crippen LogP contribution in [0.4, 0.5) is 0 Å². The number of rotatable bonds is 5. The Morgan fingerprint density at radius 2 is 0.982 bits per heavy atom. The monoisotopic (exact) mass is 746 g/mol. The maximum atomic E-state index is 10.1. The molecule has 0 aliphatic rings. The van der Waals surface area contributed by atoms with Gasteiger partial charge in [-0.1, -0.05) is 145 Å². The predicted octanol–water partition coefficient (Wildman–Crippen LogP) is 14.8. The van der Waals surface area contributed by atoms with E-state index >= 15 is 0 Å². The molecule has 3 heteroatoms. The first-order valence-electron chi connectivity index (χ1n) is 27.9. The molecule has 0 aliphatic heterocycles. The van der Waals surface area contributed by atoms with E-state index in [4.69, 9.17) is 15.4 Å². The van der Waals surface area contributed by atoms with E-state index in [1.165, 1.54) is 4.57 Å². The van der Waals surface area contributed by atoms with Gasteiger partial charge in [0, 0.05) is 38.2 Å². The molecule has 3 nitrogen and oxygen atoms in total. The molecule has 3 aromatic heterocycles. The molecule has 12 rings (SSSR count). The molecule has 0 amide bonds.